The van der Waals surface area contributed by atoms with Crippen molar-refractivity contribution in [1.82, 2.24) is 52.3 Å². The van der Waals surface area contributed by atoms with Crippen molar-refractivity contribution in [2.75, 3.05) is 44.9 Å². The third-order valence-electron chi connectivity index (χ3n) is 25.4. The number of ether oxygens (including phenoxy) is 3. The number of fused-ring (bicyclic) bond motifs is 5. The molecule has 5 aliphatic carbocycles. The lowest BCUT2D eigenvalue weighted by Gasteiger charge is -2.55. The number of amides is 10. The van der Waals surface area contributed by atoms with Gasteiger partial charge in [-0.3, -0.25) is 57.7 Å². The molecule has 646 valence electrons. The van der Waals surface area contributed by atoms with E-state index < -0.39 is 161 Å². The number of carbonyl (C=O) groups excluding carboxylic acids is 13. The SMILES string of the molecule is CO[C@@]1(C(=O)OCC(=O)C2CSSCC(NC(=O)C(Cc3ccccc3)NC(=O)C3CCCN3C(=O)C3CCCN3C(=O)c3ccc[n+](C)c3)C(=O)NC(Cc3ccccc3)C(=O)NC(CC3C=NC4C=CC=CC34)C(=O)NC(CCCCNC(=O)OC(C)(C)C)C(=O)NC(C(C)O)C(=O)N2)CCC2C3CCC4=C(CCC(=O)C4)C3C(O)CC21C. The topological polar surface area (TPSA) is 409 Å². The maximum absolute atomic E-state index is 15.7. The fourth-order valence-electron chi connectivity index (χ4n) is 19.3. The Morgan fingerprint density at radius 1 is 0.758 bits per heavy atom. The van der Waals surface area contributed by atoms with Crippen LogP contribution in [0.15, 0.2) is 126 Å². The van der Waals surface area contributed by atoms with E-state index in [1.54, 1.807) is 124 Å². The molecular weight excluding hydrogens is 1580 g/mol. The first-order chi connectivity index (χ1) is 57.4. The molecule has 19 atom stereocenters. The number of aryl methyl sites for hydroxylation is 1. The lowest BCUT2D eigenvalue weighted by molar-refractivity contribution is -0.671. The predicted octanol–water partition coefficient (Wildman–Crippen LogP) is 4.41. The molecule has 5 fully saturated rings. The summed E-state index contributed by atoms with van der Waals surface area (Å²) >= 11 is 0. The summed E-state index contributed by atoms with van der Waals surface area (Å²) in [6.45, 7) is 7.92. The van der Waals surface area contributed by atoms with Gasteiger partial charge in [-0.1, -0.05) is 125 Å². The molecule has 12 rings (SSSR count). The van der Waals surface area contributed by atoms with Crippen LogP contribution in [0.3, 0.4) is 0 Å². The van der Waals surface area contributed by atoms with Crippen LogP contribution in [-0.2, 0) is 86.8 Å². The zero-order chi connectivity index (χ0) is 85.7. The van der Waals surface area contributed by atoms with Crippen molar-refractivity contribution in [3.05, 3.63) is 137 Å². The largest absolute Gasteiger partial charge is 0.455 e. The highest BCUT2D eigenvalue weighted by molar-refractivity contribution is 8.76. The van der Waals surface area contributed by atoms with E-state index in [0.717, 1.165) is 32.7 Å². The number of pyridine rings is 1. The van der Waals surface area contributed by atoms with Crippen molar-refractivity contribution < 1.29 is 91.3 Å². The first kappa shape index (κ1) is 89.6. The number of nitrogens with zero attached hydrogens (tertiary/aromatic N) is 4. The van der Waals surface area contributed by atoms with Crippen LogP contribution < -0.4 is 47.1 Å². The molecule has 2 saturated carbocycles. The van der Waals surface area contributed by atoms with E-state index in [1.165, 1.54) is 23.8 Å². The van der Waals surface area contributed by atoms with Gasteiger partial charge in [0.05, 0.1) is 18.2 Å². The minimum atomic E-state index is -1.84. The molecule has 10 N–H and O–H groups in total. The van der Waals surface area contributed by atoms with Gasteiger partial charge in [0.15, 0.2) is 30.4 Å². The highest BCUT2D eigenvalue weighted by Gasteiger charge is 2.69. The molecule has 2 aromatic carbocycles. The number of rotatable bonds is 23. The number of hydrogen-bond acceptors (Lipinski definition) is 21. The summed E-state index contributed by atoms with van der Waals surface area (Å²) in [4.78, 5) is 200. The smallest absolute Gasteiger partial charge is 0.407 e. The molecule has 0 spiro atoms. The highest BCUT2D eigenvalue weighted by atomic mass is 33.1. The summed E-state index contributed by atoms with van der Waals surface area (Å²) in [5.41, 5.74) is 0.348. The van der Waals surface area contributed by atoms with E-state index in [2.05, 4.69) is 42.5 Å². The van der Waals surface area contributed by atoms with Crippen molar-refractivity contribution in [3.63, 3.8) is 0 Å². The Morgan fingerprint density at radius 2 is 1.44 bits per heavy atom. The van der Waals surface area contributed by atoms with E-state index in [4.69, 9.17) is 19.2 Å². The minimum absolute atomic E-state index is 0.0321. The molecular formula is C88H115N12O18S2+. The van der Waals surface area contributed by atoms with Crippen LogP contribution in [0.25, 0.3) is 0 Å². The summed E-state index contributed by atoms with van der Waals surface area (Å²) in [5, 5.41) is 46.2. The maximum Gasteiger partial charge on any atom is 0.407 e. The number of aromatic nitrogens is 1. The second kappa shape index (κ2) is 39.9. The maximum atomic E-state index is 15.7. The van der Waals surface area contributed by atoms with Crippen LogP contribution in [0.5, 0.6) is 0 Å². The Hall–Kier alpha value is -9.63. The third-order valence-corrected chi connectivity index (χ3v) is 27.8. The fourth-order valence-corrected chi connectivity index (χ4v) is 21.7. The van der Waals surface area contributed by atoms with Crippen LogP contribution in [0.2, 0.25) is 0 Å². The van der Waals surface area contributed by atoms with E-state index in [-0.39, 0.29) is 124 Å². The Morgan fingerprint density at radius 3 is 2.17 bits per heavy atom. The first-order valence-electron chi connectivity index (χ1n) is 42.1. The van der Waals surface area contributed by atoms with Gasteiger partial charge in [0.1, 0.15) is 78.4 Å². The number of esters is 1. The van der Waals surface area contributed by atoms with Gasteiger partial charge in [0.25, 0.3) is 5.91 Å². The number of unbranched alkanes of at least 4 members (excludes halogenated alkanes) is 1. The molecule has 10 amide bonds. The second-order valence-electron chi connectivity index (χ2n) is 34.6. The lowest BCUT2D eigenvalue weighted by atomic mass is 9.51. The van der Waals surface area contributed by atoms with E-state index >= 15 is 43.2 Å². The van der Waals surface area contributed by atoms with E-state index in [0.29, 0.717) is 81.0 Å². The minimum Gasteiger partial charge on any atom is -0.455 e. The monoisotopic (exact) mass is 1690 g/mol. The van der Waals surface area contributed by atoms with Crippen molar-refractivity contribution in [2.45, 2.75) is 234 Å². The van der Waals surface area contributed by atoms with Gasteiger partial charge in [0, 0.05) is 99.4 Å². The molecule has 5 heterocycles. The molecule has 1 aromatic heterocycles. The molecule has 120 heavy (non-hydrogen) atoms. The zero-order valence-corrected chi connectivity index (χ0v) is 70.9. The Kier molecular flexibility index (Phi) is 29.8. The number of Topliss-reactive ketones (excluding diaryl/α,β-unsaturated/α-hetero) is 2. The van der Waals surface area contributed by atoms with Crippen LogP contribution in [0.1, 0.15) is 159 Å². The van der Waals surface area contributed by atoms with Gasteiger partial charge in [-0.25, -0.2) is 14.2 Å². The molecule has 3 saturated heterocycles. The van der Waals surface area contributed by atoms with E-state index in [1.807, 2.05) is 31.2 Å². The second-order valence-corrected chi connectivity index (χ2v) is 37.1. The zero-order valence-electron chi connectivity index (χ0n) is 69.3. The van der Waals surface area contributed by atoms with Gasteiger partial charge < -0.3 is 76.8 Å². The van der Waals surface area contributed by atoms with Gasteiger partial charge in [-0.05, 0) is 147 Å². The number of benzene rings is 2. The lowest BCUT2D eigenvalue weighted by Crippen LogP contribution is -2.62. The molecule has 0 radical (unpaired) electrons. The molecule has 18 unspecified atom stereocenters. The molecule has 32 heteroatoms. The molecule has 30 nitrogen and oxygen atoms in total. The van der Waals surface area contributed by atoms with Crippen LogP contribution in [-0.4, -0.2) is 232 Å². The normalized spacial score (nSPS) is 30.3. The Labute approximate surface area is 707 Å². The highest BCUT2D eigenvalue weighted by Crippen LogP contribution is 2.65. The first-order valence-corrected chi connectivity index (χ1v) is 44.6. The van der Waals surface area contributed by atoms with Crippen LogP contribution >= 0.6 is 21.6 Å². The fraction of sp³-hybridized carbons (Fsp3) is 0.580. The quantitative estimate of drug-likeness (QED) is 0.0207. The number of likely N-dealkylation sites (tertiary alicyclic amines) is 2. The standard InChI is InChI=1S/C88H114N12O18S2/c1-51(101)74-81(111)95-67(72(104)48-117-84(114)88(116-7)36-35-61-60-33-31-54-43-57(102)32-34-59(54)73(60)71(103)45-87(61,88)5)49-119-120-50-68(96-77(107)65(42-53-23-12-9-13-24-53)94-80(110)69-29-19-39-99(69)83(113)70-30-20-40-100(70)82(112)55-25-18-38-98(6)47-55)79(109)92-64(41-52-21-10-8-11-22-52)76(106)93-66(44-56-46-90-62-27-15-14-26-58(56)62)78(108)91-63(75(105)97-74)28-16-17-37-89-85(115)118-86(2,3)4/h8-15,18,21-27,38,46-47,51,56,58,60-71,73-74,101,103H,16-17,19-20,28-37,39-45,48-50H2,1-7H3,(H7-,89,91,92,93,94,95,96,97,105,106,107,108,109,110,111,115)/p+1/t51?,56?,58?,60?,61?,62?,63?,64?,65?,66?,67?,68?,69?,70?,71?,73?,74?,87?,88-/m1/s1. The summed E-state index contributed by atoms with van der Waals surface area (Å²) in [6.07, 6.45) is 14.6. The van der Waals surface area contributed by atoms with Gasteiger partial charge in [-0.2, -0.15) is 0 Å². The predicted molar refractivity (Wildman–Crippen MR) is 446 cm³/mol. The molecule has 9 aliphatic rings. The third kappa shape index (κ3) is 21.3. The van der Waals surface area contributed by atoms with Crippen molar-refractivity contribution >= 4 is 105 Å². The number of methoxy groups -OCH3 is 1. The van der Waals surface area contributed by atoms with Crippen LogP contribution in [0, 0.1) is 35.0 Å². The summed E-state index contributed by atoms with van der Waals surface area (Å²) in [5.74, 6) is -10.3. The molecule has 0 bridgehead atoms. The van der Waals surface area contributed by atoms with Crippen molar-refractivity contribution in [1.29, 1.82) is 0 Å². The summed E-state index contributed by atoms with van der Waals surface area (Å²) < 4.78 is 19.5. The number of aliphatic hydroxyl groups is 2. The number of alkyl carbamates (subject to hydrolysis) is 1. The van der Waals surface area contributed by atoms with Gasteiger partial charge in [-0.15, -0.1) is 0 Å². The van der Waals surface area contributed by atoms with Gasteiger partial charge >= 0.3 is 12.1 Å². The Bertz CT molecular complexity index is 4450. The number of hydrogen-bond donors (Lipinski definition) is 10. The summed E-state index contributed by atoms with van der Waals surface area (Å²) in [7, 11) is 5.09. The number of allylic oxidation sites excluding steroid dienone is 3. The average molecular weight is 1690 g/mol. The number of ketones is 2. The van der Waals surface area contributed by atoms with Gasteiger partial charge in [0.2, 0.25) is 47.3 Å². The van der Waals surface area contributed by atoms with Crippen molar-refractivity contribution in [2.24, 2.45) is 47.0 Å². The number of nitrogens with one attached hydrogen (secondary N) is 8. The average Bonchev–Trinajstić information content (AvgIpc) is 1.52. The molecule has 3 aromatic rings. The van der Waals surface area contributed by atoms with Crippen molar-refractivity contribution in [3.8, 4) is 0 Å². The number of aliphatic hydroxyl groups excluding tert-OH is 2. The van der Waals surface area contributed by atoms with E-state index in [9.17, 15) is 29.4 Å². The number of aliphatic imine (C=N–C) groups is 1. The summed E-state index contributed by atoms with van der Waals surface area (Å²) in [6, 6.07) is 7.72. The Balaban J connectivity index is 0.856. The van der Waals surface area contributed by atoms with Crippen LogP contribution in [0.4, 0.5) is 4.79 Å². The number of carbonyl (C=O) groups is 13. The molecule has 4 aliphatic heterocycles.